The van der Waals surface area contributed by atoms with Crippen molar-refractivity contribution < 1.29 is 38.5 Å². The zero-order valence-corrected chi connectivity index (χ0v) is 20.8. The number of carbonyl (C=O) groups is 4. The number of rotatable bonds is 6. The van der Waals surface area contributed by atoms with Crippen LogP contribution in [0.3, 0.4) is 0 Å². The molecule has 0 aromatic heterocycles. The second-order valence-corrected chi connectivity index (χ2v) is 11.1. The van der Waals surface area contributed by atoms with Gasteiger partial charge in [0.15, 0.2) is 12.4 Å². The van der Waals surface area contributed by atoms with E-state index in [0.717, 1.165) is 18.4 Å². The van der Waals surface area contributed by atoms with E-state index < -0.39 is 52.5 Å². The summed E-state index contributed by atoms with van der Waals surface area (Å²) in [6.45, 7) is 6.74. The third kappa shape index (κ3) is 2.99. The van der Waals surface area contributed by atoms with Gasteiger partial charge in [0.1, 0.15) is 11.7 Å². The van der Waals surface area contributed by atoms with Gasteiger partial charge in [0, 0.05) is 23.7 Å². The Kier molecular flexibility index (Phi) is 5.46. The Hall–Kier alpha value is -2.32. The average molecular weight is 487 g/mol. The highest BCUT2D eigenvalue weighted by Crippen LogP contribution is 2.76. The smallest absolute Gasteiger partial charge is 0.306 e. The molecule has 1 saturated heterocycles. The largest absolute Gasteiger partial charge is 0.457 e. The van der Waals surface area contributed by atoms with E-state index in [0.29, 0.717) is 6.42 Å². The van der Waals surface area contributed by atoms with Crippen molar-refractivity contribution >= 4 is 23.5 Å². The van der Waals surface area contributed by atoms with Gasteiger partial charge in [-0.25, -0.2) is 0 Å². The predicted octanol–water partition coefficient (Wildman–Crippen LogP) is 2.61. The zero-order chi connectivity index (χ0) is 25.4. The number of carbonyl (C=O) groups excluding carboxylic acids is 4. The van der Waals surface area contributed by atoms with E-state index in [9.17, 15) is 24.3 Å². The van der Waals surface area contributed by atoms with E-state index in [1.807, 2.05) is 13.0 Å². The summed E-state index contributed by atoms with van der Waals surface area (Å²) in [5.41, 5.74) is -2.59. The van der Waals surface area contributed by atoms with Gasteiger partial charge >= 0.3 is 11.9 Å². The summed E-state index contributed by atoms with van der Waals surface area (Å²) in [5, 5.41) is 11.4. The van der Waals surface area contributed by atoms with Gasteiger partial charge in [-0.3, -0.25) is 19.2 Å². The number of hydrogen-bond donors (Lipinski definition) is 1. The first-order chi connectivity index (χ1) is 16.5. The minimum absolute atomic E-state index is 0.00842. The number of fused-ring (bicyclic) bond motifs is 3. The molecule has 8 heteroatoms. The molecule has 0 amide bonds. The molecular formula is C27H34O8. The van der Waals surface area contributed by atoms with Crippen molar-refractivity contribution in [3.8, 4) is 0 Å². The molecule has 4 aliphatic carbocycles. The Labute approximate surface area is 205 Å². The molecule has 0 aromatic rings. The Morgan fingerprint density at radius 3 is 2.54 bits per heavy atom. The van der Waals surface area contributed by atoms with Crippen LogP contribution in [0.15, 0.2) is 23.8 Å². The molecule has 3 saturated carbocycles. The molecule has 8 nitrogen and oxygen atoms in total. The van der Waals surface area contributed by atoms with Crippen molar-refractivity contribution in [2.45, 2.75) is 89.6 Å². The molecule has 1 spiro atoms. The van der Waals surface area contributed by atoms with Gasteiger partial charge in [-0.2, -0.15) is 0 Å². The van der Waals surface area contributed by atoms with E-state index in [1.54, 1.807) is 26.0 Å². The van der Waals surface area contributed by atoms with E-state index in [-0.39, 0.29) is 43.0 Å². The Bertz CT molecular complexity index is 1060. The highest BCUT2D eigenvalue weighted by Gasteiger charge is 2.83. The highest BCUT2D eigenvalue weighted by molar-refractivity contribution is 6.01. The Balaban J connectivity index is 1.55. The molecule has 1 heterocycles. The van der Waals surface area contributed by atoms with Crippen LogP contribution in [-0.2, 0) is 33.4 Å². The Morgan fingerprint density at radius 2 is 1.86 bits per heavy atom. The zero-order valence-electron chi connectivity index (χ0n) is 20.8. The van der Waals surface area contributed by atoms with Gasteiger partial charge in [-0.1, -0.05) is 32.4 Å². The second-order valence-electron chi connectivity index (χ2n) is 11.1. The number of aliphatic hydroxyl groups excluding tert-OH is 1. The van der Waals surface area contributed by atoms with Crippen molar-refractivity contribution in [1.29, 1.82) is 0 Å². The molecule has 1 aliphatic heterocycles. The van der Waals surface area contributed by atoms with Crippen LogP contribution in [0.2, 0.25) is 0 Å². The maximum Gasteiger partial charge on any atom is 0.306 e. The summed E-state index contributed by atoms with van der Waals surface area (Å²) in [6, 6.07) is 0. The topological polar surface area (TPSA) is 120 Å². The average Bonchev–Trinajstić information content (AvgIpc) is 3.50. The van der Waals surface area contributed by atoms with Crippen LogP contribution < -0.4 is 0 Å². The lowest BCUT2D eigenvalue weighted by Gasteiger charge is -2.55. The van der Waals surface area contributed by atoms with Crippen molar-refractivity contribution in [2.24, 2.45) is 22.7 Å². The van der Waals surface area contributed by atoms with Crippen LogP contribution in [-0.4, -0.2) is 58.6 Å². The number of epoxide rings is 1. The van der Waals surface area contributed by atoms with Crippen LogP contribution in [0.1, 0.15) is 66.2 Å². The van der Waals surface area contributed by atoms with Crippen LogP contribution in [0.5, 0.6) is 0 Å². The highest BCUT2D eigenvalue weighted by atomic mass is 16.6. The van der Waals surface area contributed by atoms with Gasteiger partial charge in [-0.15, -0.1) is 0 Å². The van der Waals surface area contributed by atoms with Crippen molar-refractivity contribution in [2.75, 3.05) is 6.61 Å². The number of allylic oxidation sites excluding steroid dienone is 2. The number of ketones is 2. The van der Waals surface area contributed by atoms with E-state index in [4.69, 9.17) is 14.2 Å². The van der Waals surface area contributed by atoms with E-state index in [2.05, 4.69) is 6.92 Å². The lowest BCUT2D eigenvalue weighted by Crippen LogP contribution is -2.65. The van der Waals surface area contributed by atoms with Crippen molar-refractivity contribution in [1.82, 2.24) is 0 Å². The van der Waals surface area contributed by atoms with E-state index in [1.165, 1.54) is 0 Å². The van der Waals surface area contributed by atoms with E-state index >= 15 is 0 Å². The fraction of sp³-hybridized carbons (Fsp3) is 0.704. The quantitative estimate of drug-likeness (QED) is 0.449. The summed E-state index contributed by atoms with van der Waals surface area (Å²) >= 11 is 0. The molecule has 5 rings (SSSR count). The fourth-order valence-electron chi connectivity index (χ4n) is 8.00. The molecule has 0 bridgehead atoms. The minimum Gasteiger partial charge on any atom is -0.457 e. The molecule has 0 radical (unpaired) electrons. The summed E-state index contributed by atoms with van der Waals surface area (Å²) in [7, 11) is 0. The molecule has 35 heavy (non-hydrogen) atoms. The van der Waals surface area contributed by atoms with Crippen molar-refractivity contribution in [3.05, 3.63) is 23.8 Å². The molecular weight excluding hydrogens is 452 g/mol. The second kappa shape index (κ2) is 7.84. The number of hydrogen-bond acceptors (Lipinski definition) is 8. The third-order valence-corrected chi connectivity index (χ3v) is 9.75. The molecule has 1 N–H and O–H groups in total. The standard InChI is InChI=1S/C27H34O8/c1-5-22(31)33-14-20(30)27(35-23(32)6-2)19(29)12-18-17-8-7-15-11-16(28)9-10-24(15,3)26(17)21(34-26)13-25(18,27)4/h9-11,17-19,21,29H,5-8,12-14H2,1-4H3/t17-,18-,19-,21-,24-,25-,26+,27+/m0/s1. The van der Waals surface area contributed by atoms with Crippen LogP contribution in [0.4, 0.5) is 0 Å². The molecule has 190 valence electrons. The predicted molar refractivity (Wildman–Crippen MR) is 123 cm³/mol. The maximum atomic E-state index is 13.7. The molecule has 5 aliphatic rings. The lowest BCUT2D eigenvalue weighted by molar-refractivity contribution is -0.201. The molecule has 0 aromatic carbocycles. The summed E-state index contributed by atoms with van der Waals surface area (Å²) in [4.78, 5) is 50.2. The van der Waals surface area contributed by atoms with Gasteiger partial charge in [0.25, 0.3) is 0 Å². The first kappa shape index (κ1) is 24.4. The number of esters is 2. The number of aliphatic hydroxyl groups is 1. The van der Waals surface area contributed by atoms with Gasteiger partial charge < -0.3 is 19.3 Å². The number of ether oxygens (including phenoxy) is 3. The van der Waals surface area contributed by atoms with Crippen molar-refractivity contribution in [3.63, 3.8) is 0 Å². The van der Waals surface area contributed by atoms with Gasteiger partial charge in [0.2, 0.25) is 11.4 Å². The molecule has 0 unspecified atom stereocenters. The third-order valence-electron chi connectivity index (χ3n) is 9.75. The maximum absolute atomic E-state index is 13.7. The lowest BCUT2D eigenvalue weighted by atomic mass is 9.46. The normalized spacial score (nSPS) is 44.8. The molecule has 4 fully saturated rings. The van der Waals surface area contributed by atoms with Crippen LogP contribution in [0, 0.1) is 22.7 Å². The first-order valence-electron chi connectivity index (χ1n) is 12.7. The SMILES string of the molecule is CCC(=O)OCC(=O)[C@]1(OC(=O)CC)[C@@H](O)C[C@H]2[C@@H]3CCC4=CC(=O)C=C[C@]4(C)[C@@]34O[C@H]4C[C@@]21C. The molecule has 8 atom stereocenters. The van der Waals surface area contributed by atoms with Gasteiger partial charge in [0.05, 0.1) is 6.10 Å². The summed E-state index contributed by atoms with van der Waals surface area (Å²) in [5.74, 6) is -1.86. The minimum atomic E-state index is -1.81. The number of Topliss-reactive ketones (excluding diaryl/α,β-unsaturated/α-hetero) is 1. The van der Waals surface area contributed by atoms with Crippen LogP contribution >= 0.6 is 0 Å². The first-order valence-corrected chi connectivity index (χ1v) is 12.7. The fourth-order valence-corrected chi connectivity index (χ4v) is 8.00. The van der Waals surface area contributed by atoms with Crippen LogP contribution in [0.25, 0.3) is 0 Å². The Morgan fingerprint density at radius 1 is 1.14 bits per heavy atom. The summed E-state index contributed by atoms with van der Waals surface area (Å²) < 4.78 is 17.6. The van der Waals surface area contributed by atoms with Gasteiger partial charge in [-0.05, 0) is 56.6 Å². The summed E-state index contributed by atoms with van der Waals surface area (Å²) in [6.07, 6.45) is 6.20. The monoisotopic (exact) mass is 486 g/mol.